The van der Waals surface area contributed by atoms with E-state index >= 15 is 0 Å². The van der Waals surface area contributed by atoms with E-state index in [1.165, 1.54) is 6.07 Å². The molecule has 0 heterocycles. The minimum Gasteiger partial charge on any atom is -0.496 e. The zero-order valence-electron chi connectivity index (χ0n) is 25.8. The van der Waals surface area contributed by atoms with Crippen LogP contribution in [-0.2, 0) is 10.1 Å². The Kier molecular flexibility index (Phi) is 8.25. The summed E-state index contributed by atoms with van der Waals surface area (Å²) in [4.78, 5) is -0.120. The van der Waals surface area contributed by atoms with E-state index in [2.05, 4.69) is 36.4 Å². The molecule has 47 heavy (non-hydrogen) atoms. The minimum absolute atomic E-state index is 0.120. The maximum Gasteiger partial charge on any atom is 0.295 e. The molecule has 7 aromatic carbocycles. The van der Waals surface area contributed by atoms with Crippen LogP contribution in [0.4, 0.5) is 0 Å². The molecule has 0 aliphatic carbocycles. The van der Waals surface area contributed by atoms with Gasteiger partial charge < -0.3 is 9.47 Å². The van der Waals surface area contributed by atoms with Crippen molar-refractivity contribution in [1.29, 1.82) is 0 Å². The Balaban J connectivity index is 1.72. The van der Waals surface area contributed by atoms with E-state index in [1.807, 2.05) is 97.1 Å². The second-order valence-corrected chi connectivity index (χ2v) is 14.5. The number of hydrogen-bond acceptors (Lipinski definition) is 4. The number of benzene rings is 7. The molecule has 0 spiro atoms. The summed E-state index contributed by atoms with van der Waals surface area (Å²) in [6.07, 6.45) is 0. The maximum atomic E-state index is 13.0. The predicted molar refractivity (Wildman–Crippen MR) is 194 cm³/mol. The fourth-order valence-corrected chi connectivity index (χ4v) is 10.2. The summed E-state index contributed by atoms with van der Waals surface area (Å²) in [5, 5.41) is 6.44. The first-order valence-corrected chi connectivity index (χ1v) is 17.9. The molecule has 7 rings (SSSR count). The molecule has 7 heteroatoms. The predicted octanol–water partition coefficient (Wildman–Crippen LogP) is 8.35. The molecule has 0 aliphatic heterocycles. The van der Waals surface area contributed by atoms with Crippen molar-refractivity contribution in [2.75, 3.05) is 14.2 Å². The Bertz CT molecular complexity index is 2270. The van der Waals surface area contributed by atoms with Crippen LogP contribution in [0.3, 0.4) is 0 Å². The monoisotopic (exact) mass is 654 g/mol. The molecule has 0 amide bonds. The van der Waals surface area contributed by atoms with Crippen LogP contribution in [0.1, 0.15) is 0 Å². The normalized spacial score (nSPS) is 12.2. The first-order chi connectivity index (χ1) is 22.9. The molecule has 0 aromatic heterocycles. The molecule has 0 saturated carbocycles. The molecule has 232 valence electrons. The van der Waals surface area contributed by atoms with Gasteiger partial charge in [-0.25, -0.2) is 0 Å². The Morgan fingerprint density at radius 2 is 1.02 bits per heavy atom. The molecule has 0 fully saturated rings. The van der Waals surface area contributed by atoms with E-state index in [0.29, 0.717) is 16.8 Å². The van der Waals surface area contributed by atoms with Gasteiger partial charge in [0, 0.05) is 21.7 Å². The number of rotatable bonds is 8. The van der Waals surface area contributed by atoms with Crippen molar-refractivity contribution >= 4 is 55.5 Å². The Morgan fingerprint density at radius 3 is 1.55 bits per heavy atom. The highest BCUT2D eigenvalue weighted by atomic mass is 32.2. The van der Waals surface area contributed by atoms with Crippen LogP contribution in [-0.4, -0.2) is 27.2 Å². The van der Waals surface area contributed by atoms with Crippen molar-refractivity contribution < 1.29 is 22.4 Å². The summed E-state index contributed by atoms with van der Waals surface area (Å²) >= 11 is 0. The summed E-state index contributed by atoms with van der Waals surface area (Å²) in [6, 6.07) is 47.2. The SMILES string of the molecule is COc1ccc2ccccc2c1-c1cccc(-c2c(OC)ccc3ccccc23)c1P(c1ccccc1)c1ccccc1S(=O)(=O)O. The van der Waals surface area contributed by atoms with E-state index in [1.54, 1.807) is 20.3 Å². The van der Waals surface area contributed by atoms with Crippen LogP contribution in [0.5, 0.6) is 11.5 Å². The van der Waals surface area contributed by atoms with Gasteiger partial charge >= 0.3 is 0 Å². The first-order valence-electron chi connectivity index (χ1n) is 15.1. The Labute approximate surface area is 275 Å². The average Bonchev–Trinajstić information content (AvgIpc) is 3.11. The molecule has 7 aromatic rings. The molecule has 1 N–H and O–H groups in total. The first kappa shape index (κ1) is 30.6. The van der Waals surface area contributed by atoms with E-state index in [-0.39, 0.29) is 4.90 Å². The summed E-state index contributed by atoms with van der Waals surface area (Å²) in [5.41, 5.74) is 3.58. The highest BCUT2D eigenvalue weighted by Crippen LogP contribution is 2.48. The van der Waals surface area contributed by atoms with E-state index < -0.39 is 18.0 Å². The van der Waals surface area contributed by atoms with Crippen LogP contribution in [0.15, 0.2) is 150 Å². The standard InChI is InChI=1S/C40H31O5PS/c1-44-34-25-23-27-13-6-8-17-30(27)38(34)32-19-12-20-33(39-31-18-9-7-14-28(31)24-26-35(39)45-2)40(32)46(29-15-4-3-5-16-29)36-21-10-11-22-37(36)47(41,42)43/h3-26H,1-2H3,(H,41,42,43). The molecule has 0 radical (unpaired) electrons. The smallest absolute Gasteiger partial charge is 0.295 e. The van der Waals surface area contributed by atoms with Crippen LogP contribution in [0.2, 0.25) is 0 Å². The van der Waals surface area contributed by atoms with Crippen molar-refractivity contribution in [3.63, 3.8) is 0 Å². The van der Waals surface area contributed by atoms with Gasteiger partial charge in [0.1, 0.15) is 16.4 Å². The number of fused-ring (bicyclic) bond motifs is 2. The van der Waals surface area contributed by atoms with Gasteiger partial charge in [0.15, 0.2) is 0 Å². The van der Waals surface area contributed by atoms with Crippen molar-refractivity contribution in [3.8, 4) is 33.8 Å². The van der Waals surface area contributed by atoms with Crippen LogP contribution in [0, 0.1) is 0 Å². The zero-order chi connectivity index (χ0) is 32.5. The number of hydrogen-bond donors (Lipinski definition) is 1. The van der Waals surface area contributed by atoms with E-state index in [4.69, 9.17) is 9.47 Å². The van der Waals surface area contributed by atoms with Crippen molar-refractivity contribution in [2.45, 2.75) is 4.90 Å². The lowest BCUT2D eigenvalue weighted by Gasteiger charge is -2.28. The molecular weight excluding hydrogens is 623 g/mol. The number of methoxy groups -OCH3 is 2. The third kappa shape index (κ3) is 5.55. The lowest BCUT2D eigenvalue weighted by molar-refractivity contribution is 0.417. The van der Waals surface area contributed by atoms with E-state index in [9.17, 15) is 13.0 Å². The highest BCUT2D eigenvalue weighted by molar-refractivity contribution is 7.88. The maximum absolute atomic E-state index is 13.0. The van der Waals surface area contributed by atoms with Gasteiger partial charge in [0.2, 0.25) is 0 Å². The van der Waals surface area contributed by atoms with Gasteiger partial charge in [0.05, 0.1) is 14.2 Å². The summed E-state index contributed by atoms with van der Waals surface area (Å²) in [6.45, 7) is 0. The van der Waals surface area contributed by atoms with Gasteiger partial charge in [-0.1, -0.05) is 127 Å². The van der Waals surface area contributed by atoms with Crippen LogP contribution in [0.25, 0.3) is 43.8 Å². The fourth-order valence-electron chi connectivity index (χ4n) is 6.41. The fraction of sp³-hybridized carbons (Fsp3) is 0.0500. The Morgan fingerprint density at radius 1 is 0.532 bits per heavy atom. The highest BCUT2D eigenvalue weighted by Gasteiger charge is 2.31. The molecule has 0 saturated heterocycles. The van der Waals surface area contributed by atoms with Crippen molar-refractivity contribution in [3.05, 3.63) is 146 Å². The van der Waals surface area contributed by atoms with Crippen molar-refractivity contribution in [1.82, 2.24) is 0 Å². The second kappa shape index (κ2) is 12.7. The topological polar surface area (TPSA) is 72.8 Å². The third-order valence-electron chi connectivity index (χ3n) is 8.42. The minimum atomic E-state index is -4.58. The van der Waals surface area contributed by atoms with Gasteiger partial charge in [0.25, 0.3) is 10.1 Å². The van der Waals surface area contributed by atoms with E-state index in [0.717, 1.165) is 54.4 Å². The zero-order valence-corrected chi connectivity index (χ0v) is 27.5. The number of ether oxygens (including phenoxy) is 2. The molecule has 5 nitrogen and oxygen atoms in total. The lowest BCUT2D eigenvalue weighted by atomic mass is 9.92. The summed E-state index contributed by atoms with van der Waals surface area (Å²) < 4.78 is 48.7. The molecule has 1 atom stereocenters. The van der Waals surface area contributed by atoms with Gasteiger partial charge in [-0.15, -0.1) is 0 Å². The van der Waals surface area contributed by atoms with Crippen LogP contribution >= 0.6 is 7.92 Å². The second-order valence-electron chi connectivity index (χ2n) is 11.0. The van der Waals surface area contributed by atoms with Crippen molar-refractivity contribution in [2.24, 2.45) is 0 Å². The largest absolute Gasteiger partial charge is 0.496 e. The average molecular weight is 655 g/mol. The Hall–Kier alpha value is -5.00. The summed E-state index contributed by atoms with van der Waals surface area (Å²) in [5.74, 6) is 1.39. The van der Waals surface area contributed by atoms with Crippen LogP contribution < -0.4 is 25.4 Å². The molecule has 1 unspecified atom stereocenters. The molecule has 0 bridgehead atoms. The summed E-state index contributed by atoms with van der Waals surface area (Å²) in [7, 11) is -2.86. The quantitative estimate of drug-likeness (QED) is 0.132. The molecular formula is C40H31O5PS. The van der Waals surface area contributed by atoms with Gasteiger partial charge in [-0.3, -0.25) is 4.55 Å². The lowest BCUT2D eigenvalue weighted by Crippen LogP contribution is -2.27. The molecule has 0 aliphatic rings. The third-order valence-corrected chi connectivity index (χ3v) is 12.1. The van der Waals surface area contributed by atoms with Gasteiger partial charge in [-0.05, 0) is 64.1 Å². The van der Waals surface area contributed by atoms with Gasteiger partial charge in [-0.2, -0.15) is 8.42 Å².